The molecule has 0 saturated carbocycles. The quantitative estimate of drug-likeness (QED) is 0.210. The lowest BCUT2D eigenvalue weighted by atomic mass is 10.0. The number of hydrogen-bond donors (Lipinski definition) is 0. The Labute approximate surface area is 243 Å². The van der Waals surface area contributed by atoms with Crippen molar-refractivity contribution in [1.29, 1.82) is 5.26 Å². The zero-order chi connectivity index (χ0) is 24.8. The highest BCUT2D eigenvalue weighted by Crippen LogP contribution is 2.28. The number of nitriles is 1. The van der Waals surface area contributed by atoms with Gasteiger partial charge < -0.3 is 28.9 Å². The number of anilines is 1. The molecule has 1 heterocycles. The molecular weight excluding hydrogens is 645 g/mol. The third kappa shape index (κ3) is 6.97. The highest BCUT2D eigenvalue weighted by atomic mass is 127. The van der Waals surface area contributed by atoms with Crippen LogP contribution in [0.25, 0.3) is 34.5 Å². The minimum absolute atomic E-state index is 0. The molecule has 1 aromatic heterocycles. The molecule has 6 heteroatoms. The van der Waals surface area contributed by atoms with E-state index in [0.29, 0.717) is 6.42 Å². The number of benzene rings is 3. The van der Waals surface area contributed by atoms with E-state index >= 15 is 0 Å². The molecule has 0 bridgehead atoms. The Kier molecular flexibility index (Phi) is 10.1. The van der Waals surface area contributed by atoms with Gasteiger partial charge in [0.1, 0.15) is 7.05 Å². The SMILES string of the molecule is CN(CCC#N)c1ccc(C=Cc2cc(-c3ccc(Cl)cc3)cc(-c3ccc(Br)cc3)[n+]2C)cc1.[I-]. The Bertz CT molecular complexity index is 1380. The second-order valence-electron chi connectivity index (χ2n) is 8.38. The highest BCUT2D eigenvalue weighted by molar-refractivity contribution is 9.10. The Morgan fingerprint density at radius 3 is 2.17 bits per heavy atom. The highest BCUT2D eigenvalue weighted by Gasteiger charge is 2.17. The van der Waals surface area contributed by atoms with E-state index in [1.165, 1.54) is 0 Å². The summed E-state index contributed by atoms with van der Waals surface area (Å²) in [7, 11) is 4.10. The van der Waals surface area contributed by atoms with Crippen molar-refractivity contribution in [3.05, 3.63) is 106 Å². The minimum atomic E-state index is 0. The first-order valence-corrected chi connectivity index (χ1v) is 12.5. The summed E-state index contributed by atoms with van der Waals surface area (Å²) in [4.78, 5) is 2.09. The number of hydrogen-bond acceptors (Lipinski definition) is 2. The molecule has 0 spiro atoms. The molecule has 0 N–H and O–H groups in total. The first-order chi connectivity index (χ1) is 16.9. The molecule has 4 aromatic rings. The monoisotopic (exact) mass is 669 g/mol. The Morgan fingerprint density at radius 2 is 1.53 bits per heavy atom. The summed E-state index contributed by atoms with van der Waals surface area (Å²) in [5.41, 5.74) is 7.82. The van der Waals surface area contributed by atoms with Crippen molar-refractivity contribution >= 4 is 45.4 Å². The molecule has 4 rings (SSSR count). The topological polar surface area (TPSA) is 30.9 Å². The first-order valence-electron chi connectivity index (χ1n) is 11.4. The molecule has 0 atom stereocenters. The zero-order valence-electron chi connectivity index (χ0n) is 20.1. The van der Waals surface area contributed by atoms with Gasteiger partial charge in [0.25, 0.3) is 0 Å². The molecule has 0 amide bonds. The van der Waals surface area contributed by atoms with E-state index in [1.807, 2.05) is 19.2 Å². The van der Waals surface area contributed by atoms with Gasteiger partial charge in [-0.3, -0.25) is 0 Å². The molecule has 0 aliphatic carbocycles. The molecule has 0 radical (unpaired) electrons. The van der Waals surface area contributed by atoms with Crippen molar-refractivity contribution in [2.45, 2.75) is 6.42 Å². The fourth-order valence-electron chi connectivity index (χ4n) is 3.92. The third-order valence-electron chi connectivity index (χ3n) is 6.00. The van der Waals surface area contributed by atoms with Crippen LogP contribution in [0.5, 0.6) is 0 Å². The minimum Gasteiger partial charge on any atom is -1.00 e. The van der Waals surface area contributed by atoms with E-state index in [0.717, 1.165) is 55.4 Å². The van der Waals surface area contributed by atoms with Crippen LogP contribution in [0.2, 0.25) is 5.02 Å². The lowest BCUT2D eigenvalue weighted by Crippen LogP contribution is -3.00. The van der Waals surface area contributed by atoms with Crippen molar-refractivity contribution < 1.29 is 28.5 Å². The second kappa shape index (κ2) is 13.0. The van der Waals surface area contributed by atoms with Gasteiger partial charge in [0.2, 0.25) is 11.4 Å². The van der Waals surface area contributed by atoms with Crippen LogP contribution < -0.4 is 33.4 Å². The summed E-state index contributed by atoms with van der Waals surface area (Å²) in [6.45, 7) is 0.720. The summed E-state index contributed by atoms with van der Waals surface area (Å²) in [5, 5.41) is 9.55. The van der Waals surface area contributed by atoms with Crippen LogP contribution in [-0.2, 0) is 7.05 Å². The van der Waals surface area contributed by atoms with E-state index < -0.39 is 0 Å². The standard InChI is InChI=1S/C30H26BrClN3.HI/c1-34(19-3-18-33)28-15-4-22(5-16-28)6-17-29-20-25(23-9-13-27(32)14-10-23)21-30(35(29)2)24-7-11-26(31)12-8-24;/h4-17,20-21H,3,19H2,1-2H3;1H/q+1;/p-1. The first kappa shape index (κ1) is 27.9. The van der Waals surface area contributed by atoms with Crippen LogP contribution in [0, 0.1) is 11.3 Å². The lowest BCUT2D eigenvalue weighted by Gasteiger charge is -2.17. The number of aromatic nitrogens is 1. The van der Waals surface area contributed by atoms with Crippen LogP contribution in [0.3, 0.4) is 0 Å². The van der Waals surface area contributed by atoms with Crippen LogP contribution in [0.1, 0.15) is 17.7 Å². The predicted octanol–water partition coefficient (Wildman–Crippen LogP) is 4.79. The average molecular weight is 671 g/mol. The van der Waals surface area contributed by atoms with Crippen LogP contribution >= 0.6 is 27.5 Å². The number of rotatable bonds is 7. The Morgan fingerprint density at radius 1 is 0.889 bits per heavy atom. The third-order valence-corrected chi connectivity index (χ3v) is 6.78. The summed E-state index contributed by atoms with van der Waals surface area (Å²) in [5.74, 6) is 0. The molecule has 0 saturated heterocycles. The maximum absolute atomic E-state index is 8.82. The van der Waals surface area contributed by atoms with Gasteiger partial charge in [0, 0.05) is 52.5 Å². The molecule has 3 aromatic carbocycles. The van der Waals surface area contributed by atoms with E-state index in [2.05, 4.69) is 123 Å². The van der Waals surface area contributed by atoms with Crippen LogP contribution in [0.15, 0.2) is 89.4 Å². The van der Waals surface area contributed by atoms with Gasteiger partial charge in [-0.15, -0.1) is 0 Å². The van der Waals surface area contributed by atoms with Gasteiger partial charge in [-0.25, -0.2) is 0 Å². The van der Waals surface area contributed by atoms with Gasteiger partial charge in [-0.05, 0) is 71.3 Å². The molecular formula is C30H26BrClIN3. The van der Waals surface area contributed by atoms with Gasteiger partial charge in [-0.1, -0.05) is 51.8 Å². The van der Waals surface area contributed by atoms with E-state index in [-0.39, 0.29) is 24.0 Å². The fourth-order valence-corrected chi connectivity index (χ4v) is 4.31. The summed E-state index contributed by atoms with van der Waals surface area (Å²) < 4.78 is 3.27. The lowest BCUT2D eigenvalue weighted by molar-refractivity contribution is -0.662. The van der Waals surface area contributed by atoms with Gasteiger partial charge in [0.15, 0.2) is 0 Å². The van der Waals surface area contributed by atoms with E-state index in [1.54, 1.807) is 0 Å². The van der Waals surface area contributed by atoms with E-state index in [4.69, 9.17) is 16.9 Å². The number of pyridine rings is 1. The van der Waals surface area contributed by atoms with Crippen LogP contribution in [-0.4, -0.2) is 13.6 Å². The maximum atomic E-state index is 8.82. The molecule has 182 valence electrons. The van der Waals surface area contributed by atoms with Crippen molar-refractivity contribution in [2.24, 2.45) is 7.05 Å². The van der Waals surface area contributed by atoms with Crippen LogP contribution in [0.4, 0.5) is 5.69 Å². The second-order valence-corrected chi connectivity index (χ2v) is 9.73. The molecule has 0 fully saturated rings. The molecule has 0 aliphatic rings. The van der Waals surface area contributed by atoms with Gasteiger partial charge >= 0.3 is 0 Å². The number of nitrogens with zero attached hydrogens (tertiary/aromatic N) is 3. The normalized spacial score (nSPS) is 10.6. The Hall–Kier alpha value is -2.66. The summed E-state index contributed by atoms with van der Waals surface area (Å²) in [6, 6.07) is 31.3. The summed E-state index contributed by atoms with van der Waals surface area (Å²) in [6.07, 6.45) is 4.79. The fraction of sp³-hybridized carbons (Fsp3) is 0.133. The largest absolute Gasteiger partial charge is 1.00 e. The molecule has 3 nitrogen and oxygen atoms in total. The molecule has 0 aliphatic heterocycles. The zero-order valence-corrected chi connectivity index (χ0v) is 24.6. The smallest absolute Gasteiger partial charge is 0.213 e. The average Bonchev–Trinajstić information content (AvgIpc) is 2.88. The van der Waals surface area contributed by atoms with Crippen molar-refractivity contribution in [1.82, 2.24) is 0 Å². The van der Waals surface area contributed by atoms with Crippen molar-refractivity contribution in [2.75, 3.05) is 18.5 Å². The van der Waals surface area contributed by atoms with Crippen molar-refractivity contribution in [3.63, 3.8) is 0 Å². The van der Waals surface area contributed by atoms with E-state index in [9.17, 15) is 0 Å². The predicted molar refractivity (Wildman–Crippen MR) is 150 cm³/mol. The number of halogens is 3. The van der Waals surface area contributed by atoms with Gasteiger partial charge in [0.05, 0.1) is 12.5 Å². The summed E-state index contributed by atoms with van der Waals surface area (Å²) >= 11 is 9.67. The van der Waals surface area contributed by atoms with Gasteiger partial charge in [-0.2, -0.15) is 9.83 Å². The molecule has 0 unspecified atom stereocenters. The Balaban J connectivity index is 0.00000361. The van der Waals surface area contributed by atoms with Crippen molar-refractivity contribution in [3.8, 4) is 28.5 Å². The molecule has 36 heavy (non-hydrogen) atoms. The maximum Gasteiger partial charge on any atom is 0.213 e.